The maximum atomic E-state index is 13.8. The SMILES string of the molecule is Cc1ccccc1N1CCN(C(=O)c2ncc(F)cc2F)[C@@H](C)C1. The molecule has 0 saturated carbocycles. The van der Waals surface area contributed by atoms with Crippen LogP contribution in [0.3, 0.4) is 0 Å². The number of benzene rings is 1. The molecule has 1 aromatic heterocycles. The van der Waals surface area contributed by atoms with E-state index in [2.05, 4.69) is 28.9 Å². The molecule has 1 saturated heterocycles. The second kappa shape index (κ2) is 6.55. The summed E-state index contributed by atoms with van der Waals surface area (Å²) in [5.41, 5.74) is 1.99. The number of hydrogen-bond acceptors (Lipinski definition) is 3. The predicted octanol–water partition coefficient (Wildman–Crippen LogP) is 3.02. The maximum absolute atomic E-state index is 13.8. The quantitative estimate of drug-likeness (QED) is 0.849. The van der Waals surface area contributed by atoms with Crippen LogP contribution in [0.15, 0.2) is 36.5 Å². The number of carbonyl (C=O) groups is 1. The number of piperazine rings is 1. The van der Waals surface area contributed by atoms with E-state index in [1.165, 1.54) is 5.56 Å². The average Bonchev–Trinajstić information content (AvgIpc) is 2.54. The topological polar surface area (TPSA) is 36.4 Å². The highest BCUT2D eigenvalue weighted by Crippen LogP contribution is 2.23. The Morgan fingerprint density at radius 3 is 2.67 bits per heavy atom. The lowest BCUT2D eigenvalue weighted by atomic mass is 10.1. The van der Waals surface area contributed by atoms with E-state index in [1.807, 2.05) is 19.1 Å². The molecule has 0 N–H and O–H groups in total. The van der Waals surface area contributed by atoms with Gasteiger partial charge in [-0.2, -0.15) is 0 Å². The van der Waals surface area contributed by atoms with Crippen molar-refractivity contribution < 1.29 is 13.6 Å². The van der Waals surface area contributed by atoms with E-state index >= 15 is 0 Å². The van der Waals surface area contributed by atoms with Gasteiger partial charge in [-0.15, -0.1) is 0 Å². The van der Waals surface area contributed by atoms with Crippen LogP contribution in [0.25, 0.3) is 0 Å². The van der Waals surface area contributed by atoms with Crippen molar-refractivity contribution in [2.24, 2.45) is 0 Å². The second-order valence-electron chi connectivity index (χ2n) is 6.06. The summed E-state index contributed by atoms with van der Waals surface area (Å²) in [5, 5.41) is 0. The first-order chi connectivity index (χ1) is 11.5. The molecule has 126 valence electrons. The van der Waals surface area contributed by atoms with E-state index in [4.69, 9.17) is 0 Å². The van der Waals surface area contributed by atoms with Crippen molar-refractivity contribution in [3.63, 3.8) is 0 Å². The number of anilines is 1. The van der Waals surface area contributed by atoms with Gasteiger partial charge < -0.3 is 9.80 Å². The molecular formula is C18H19F2N3O. The number of rotatable bonds is 2. The minimum atomic E-state index is -0.923. The van der Waals surface area contributed by atoms with Crippen LogP contribution in [-0.4, -0.2) is 41.5 Å². The first-order valence-electron chi connectivity index (χ1n) is 7.90. The van der Waals surface area contributed by atoms with E-state index < -0.39 is 17.5 Å². The third-order valence-corrected chi connectivity index (χ3v) is 4.35. The lowest BCUT2D eigenvalue weighted by molar-refractivity contribution is 0.0662. The highest BCUT2D eigenvalue weighted by atomic mass is 19.1. The van der Waals surface area contributed by atoms with E-state index in [9.17, 15) is 13.6 Å². The molecule has 1 amide bonds. The van der Waals surface area contributed by atoms with Crippen molar-refractivity contribution in [2.75, 3.05) is 24.5 Å². The standard InChI is InChI=1S/C18H19F2N3O/c1-12-5-3-4-6-16(12)22-7-8-23(13(2)11-22)18(24)17-15(20)9-14(19)10-21-17/h3-6,9-10,13H,7-8,11H2,1-2H3/t13-/m0/s1. The van der Waals surface area contributed by atoms with Crippen molar-refractivity contribution >= 4 is 11.6 Å². The van der Waals surface area contributed by atoms with Crippen LogP contribution in [-0.2, 0) is 0 Å². The van der Waals surface area contributed by atoms with Crippen LogP contribution in [0, 0.1) is 18.6 Å². The summed E-state index contributed by atoms with van der Waals surface area (Å²) in [4.78, 5) is 20.0. The van der Waals surface area contributed by atoms with Crippen LogP contribution >= 0.6 is 0 Å². The number of para-hydroxylation sites is 1. The van der Waals surface area contributed by atoms with Crippen molar-refractivity contribution in [1.82, 2.24) is 9.88 Å². The predicted molar refractivity (Wildman–Crippen MR) is 88.0 cm³/mol. The molecule has 0 aliphatic carbocycles. The van der Waals surface area contributed by atoms with Gasteiger partial charge in [0.05, 0.1) is 6.20 Å². The first-order valence-corrected chi connectivity index (χ1v) is 7.90. The van der Waals surface area contributed by atoms with Crippen molar-refractivity contribution in [3.8, 4) is 0 Å². The van der Waals surface area contributed by atoms with Crippen molar-refractivity contribution in [3.05, 3.63) is 59.4 Å². The lowest BCUT2D eigenvalue weighted by Crippen LogP contribution is -2.54. The molecule has 24 heavy (non-hydrogen) atoms. The fourth-order valence-electron chi connectivity index (χ4n) is 3.10. The van der Waals surface area contributed by atoms with Crippen LogP contribution in [0.1, 0.15) is 23.0 Å². The van der Waals surface area contributed by atoms with Crippen LogP contribution in [0.5, 0.6) is 0 Å². The van der Waals surface area contributed by atoms with Gasteiger partial charge in [0.25, 0.3) is 5.91 Å². The Hall–Kier alpha value is -2.50. The number of pyridine rings is 1. The summed E-state index contributed by atoms with van der Waals surface area (Å²) in [5.74, 6) is -2.21. The number of hydrogen-bond donors (Lipinski definition) is 0. The minimum Gasteiger partial charge on any atom is -0.367 e. The van der Waals surface area contributed by atoms with Crippen LogP contribution < -0.4 is 4.90 Å². The fourth-order valence-corrected chi connectivity index (χ4v) is 3.10. The molecule has 1 aliphatic rings. The Balaban J connectivity index is 1.76. The first kappa shape index (κ1) is 16.4. The van der Waals surface area contributed by atoms with Gasteiger partial charge in [0, 0.05) is 37.4 Å². The zero-order chi connectivity index (χ0) is 17.3. The zero-order valence-corrected chi connectivity index (χ0v) is 13.7. The molecule has 1 aromatic carbocycles. The van der Waals surface area contributed by atoms with Gasteiger partial charge >= 0.3 is 0 Å². The molecule has 0 radical (unpaired) electrons. The summed E-state index contributed by atoms with van der Waals surface area (Å²) in [7, 11) is 0. The average molecular weight is 331 g/mol. The Labute approximate surface area is 139 Å². The minimum absolute atomic E-state index is 0.0999. The molecule has 1 fully saturated rings. The molecule has 3 rings (SSSR count). The Morgan fingerprint density at radius 1 is 1.25 bits per heavy atom. The number of carbonyl (C=O) groups excluding carboxylic acids is 1. The van der Waals surface area contributed by atoms with Gasteiger partial charge in [0.15, 0.2) is 11.5 Å². The second-order valence-corrected chi connectivity index (χ2v) is 6.06. The molecule has 6 heteroatoms. The monoisotopic (exact) mass is 331 g/mol. The van der Waals surface area contributed by atoms with Gasteiger partial charge in [-0.25, -0.2) is 13.8 Å². The van der Waals surface area contributed by atoms with Crippen LogP contribution in [0.2, 0.25) is 0 Å². The summed E-state index contributed by atoms with van der Waals surface area (Å²) < 4.78 is 26.8. The molecule has 0 bridgehead atoms. The van der Waals surface area contributed by atoms with Crippen molar-refractivity contribution in [1.29, 1.82) is 0 Å². The van der Waals surface area contributed by atoms with Gasteiger partial charge in [-0.05, 0) is 25.5 Å². The lowest BCUT2D eigenvalue weighted by Gasteiger charge is -2.41. The third-order valence-electron chi connectivity index (χ3n) is 4.35. The number of aromatic nitrogens is 1. The highest BCUT2D eigenvalue weighted by molar-refractivity contribution is 5.93. The summed E-state index contributed by atoms with van der Waals surface area (Å²) in [6.45, 7) is 5.75. The van der Waals surface area contributed by atoms with Gasteiger partial charge in [0.1, 0.15) is 5.82 Å². The van der Waals surface area contributed by atoms with Gasteiger partial charge in [0.2, 0.25) is 0 Å². The zero-order valence-electron chi connectivity index (χ0n) is 13.7. The molecule has 4 nitrogen and oxygen atoms in total. The fraction of sp³-hybridized carbons (Fsp3) is 0.333. The maximum Gasteiger partial charge on any atom is 0.275 e. The number of amides is 1. The van der Waals surface area contributed by atoms with Crippen molar-refractivity contribution in [2.45, 2.75) is 19.9 Å². The number of nitrogens with zero attached hydrogens (tertiary/aromatic N) is 3. The molecule has 0 unspecified atom stereocenters. The largest absolute Gasteiger partial charge is 0.367 e. The smallest absolute Gasteiger partial charge is 0.275 e. The summed E-state index contributed by atoms with van der Waals surface area (Å²) in [6, 6.07) is 8.68. The van der Waals surface area contributed by atoms with Crippen LogP contribution in [0.4, 0.5) is 14.5 Å². The molecule has 2 heterocycles. The normalized spacial score (nSPS) is 17.9. The molecular weight excluding hydrogens is 312 g/mol. The van der Waals surface area contributed by atoms with Gasteiger partial charge in [-0.1, -0.05) is 18.2 Å². The Morgan fingerprint density at radius 2 is 2.00 bits per heavy atom. The molecule has 1 atom stereocenters. The number of halogens is 2. The molecule has 2 aromatic rings. The van der Waals surface area contributed by atoms with Gasteiger partial charge in [-0.3, -0.25) is 4.79 Å². The Bertz CT molecular complexity index is 766. The van der Waals surface area contributed by atoms with E-state index in [-0.39, 0.29) is 11.7 Å². The Kier molecular flexibility index (Phi) is 4.46. The summed E-state index contributed by atoms with van der Waals surface area (Å²) in [6.07, 6.45) is 0.866. The van der Waals surface area contributed by atoms with E-state index in [0.717, 1.165) is 11.9 Å². The summed E-state index contributed by atoms with van der Waals surface area (Å²) >= 11 is 0. The van der Waals surface area contributed by atoms with E-state index in [1.54, 1.807) is 4.90 Å². The van der Waals surface area contributed by atoms with E-state index in [0.29, 0.717) is 25.7 Å². The molecule has 0 spiro atoms. The number of aryl methyl sites for hydroxylation is 1. The highest BCUT2D eigenvalue weighted by Gasteiger charge is 2.30. The third kappa shape index (κ3) is 3.09. The molecule has 1 aliphatic heterocycles.